The van der Waals surface area contributed by atoms with Gasteiger partial charge in [0.25, 0.3) is 0 Å². The Morgan fingerprint density at radius 1 is 0.861 bits per heavy atom. The molecule has 5 saturated carbocycles. The summed E-state index contributed by atoms with van der Waals surface area (Å²) in [7, 11) is 0. The third-order valence-corrected chi connectivity index (χ3v) is 14.3. The fourth-order valence-electron chi connectivity index (χ4n) is 12.4. The van der Waals surface area contributed by atoms with E-state index in [9.17, 15) is 9.59 Å². The van der Waals surface area contributed by atoms with Crippen LogP contribution in [0.1, 0.15) is 126 Å². The van der Waals surface area contributed by atoms with Crippen LogP contribution in [0.2, 0.25) is 0 Å². The Kier molecular flexibility index (Phi) is 6.37. The van der Waals surface area contributed by atoms with E-state index in [2.05, 4.69) is 48.5 Å². The molecule has 11 atom stereocenters. The van der Waals surface area contributed by atoms with Gasteiger partial charge in [0, 0.05) is 18.8 Å². The van der Waals surface area contributed by atoms with Crippen molar-refractivity contribution in [2.45, 2.75) is 132 Å². The Morgan fingerprint density at radius 3 is 2.25 bits per heavy atom. The van der Waals surface area contributed by atoms with E-state index in [1.54, 1.807) is 6.92 Å². The van der Waals surface area contributed by atoms with E-state index in [0.29, 0.717) is 33.5 Å². The first-order chi connectivity index (χ1) is 16.7. The van der Waals surface area contributed by atoms with Gasteiger partial charge in [0.1, 0.15) is 12.4 Å². The van der Waals surface area contributed by atoms with Crippen LogP contribution < -0.4 is 0 Å². The molecular formula is C33H54O3. The number of hydrogen-bond donors (Lipinski definition) is 0. The van der Waals surface area contributed by atoms with Gasteiger partial charge in [-0.2, -0.15) is 0 Å². The van der Waals surface area contributed by atoms with E-state index >= 15 is 0 Å². The van der Waals surface area contributed by atoms with Crippen molar-refractivity contribution in [3.63, 3.8) is 0 Å². The molecule has 5 aliphatic carbocycles. The van der Waals surface area contributed by atoms with Gasteiger partial charge in [-0.3, -0.25) is 4.79 Å². The molecule has 0 radical (unpaired) electrons. The summed E-state index contributed by atoms with van der Waals surface area (Å²) >= 11 is 0. The Hall–Kier alpha value is -0.860. The first-order valence-electron chi connectivity index (χ1n) is 15.4. The molecule has 6 unspecified atom stereocenters. The number of fused-ring (bicyclic) bond motifs is 7. The van der Waals surface area contributed by atoms with Gasteiger partial charge >= 0.3 is 5.97 Å². The Bertz CT molecular complexity index is 893. The molecule has 3 heteroatoms. The van der Waals surface area contributed by atoms with Crippen molar-refractivity contribution in [1.82, 2.24) is 0 Å². The van der Waals surface area contributed by atoms with Gasteiger partial charge in [0.05, 0.1) is 0 Å². The zero-order valence-electron chi connectivity index (χ0n) is 24.6. The molecule has 5 fully saturated rings. The lowest BCUT2D eigenvalue weighted by Gasteiger charge is -2.73. The summed E-state index contributed by atoms with van der Waals surface area (Å²) in [4.78, 5) is 23.4. The van der Waals surface area contributed by atoms with Gasteiger partial charge < -0.3 is 9.53 Å². The molecule has 0 spiro atoms. The summed E-state index contributed by atoms with van der Waals surface area (Å²) < 4.78 is 5.92. The maximum absolute atomic E-state index is 11.9. The maximum atomic E-state index is 11.9. The molecule has 204 valence electrons. The summed E-state index contributed by atoms with van der Waals surface area (Å²) in [6.07, 6.45) is 14.9. The third-order valence-electron chi connectivity index (χ3n) is 14.3. The third kappa shape index (κ3) is 3.48. The molecule has 0 heterocycles. The molecule has 0 aromatic heterocycles. The zero-order chi connectivity index (χ0) is 26.3. The molecule has 0 saturated heterocycles. The Morgan fingerprint density at radius 2 is 1.58 bits per heavy atom. The highest BCUT2D eigenvalue weighted by atomic mass is 16.5. The summed E-state index contributed by atoms with van der Waals surface area (Å²) in [6, 6.07) is 0. The molecule has 5 rings (SSSR count). The lowest BCUT2D eigenvalue weighted by molar-refractivity contribution is -0.250. The standard InChI is InChI=1S/C33H54O3/c1-21(14-20-34)23-11-15-30(5)18-19-32(7)24(28(23)30)9-10-26-31(6)16-13-27(36-22(2)35)29(3,4)25(31)12-17-33(26,32)8/h20-21,23-28H,9-19H2,1-8H3/t21?,23-,24?,25?,26?,27?,28?,30-,31-,32-,33-/m1/s1. The van der Waals surface area contributed by atoms with E-state index < -0.39 is 0 Å². The van der Waals surface area contributed by atoms with E-state index in [1.165, 1.54) is 64.1 Å². The number of aldehydes is 1. The van der Waals surface area contributed by atoms with Crippen molar-refractivity contribution < 1.29 is 14.3 Å². The number of rotatable bonds is 4. The van der Waals surface area contributed by atoms with Crippen molar-refractivity contribution >= 4 is 12.3 Å². The smallest absolute Gasteiger partial charge is 0.302 e. The van der Waals surface area contributed by atoms with Crippen LogP contribution in [0, 0.1) is 62.6 Å². The highest BCUT2D eigenvalue weighted by Gasteiger charge is 2.70. The maximum Gasteiger partial charge on any atom is 0.302 e. The normalized spacial score (nSPS) is 52.2. The van der Waals surface area contributed by atoms with Crippen LogP contribution in [-0.2, 0) is 14.3 Å². The minimum absolute atomic E-state index is 0.0314. The van der Waals surface area contributed by atoms with Crippen LogP contribution in [0.15, 0.2) is 0 Å². The predicted octanol–water partition coefficient (Wildman–Crippen LogP) is 8.24. The SMILES string of the molecule is CC(=O)OC1CC[C@]2(C)C(CC[C@]3(C)C2CCC2C4[C@@H](C(C)CC=O)CC[C@]4(C)CC[C@]23C)C1(C)C. The van der Waals surface area contributed by atoms with Crippen molar-refractivity contribution in [2.24, 2.45) is 62.6 Å². The van der Waals surface area contributed by atoms with Gasteiger partial charge in [-0.25, -0.2) is 0 Å². The second-order valence-corrected chi connectivity index (χ2v) is 15.9. The van der Waals surface area contributed by atoms with Gasteiger partial charge in [-0.15, -0.1) is 0 Å². The summed E-state index contributed by atoms with van der Waals surface area (Å²) in [5.74, 6) is 4.06. The highest BCUT2D eigenvalue weighted by Crippen LogP contribution is 2.77. The first kappa shape index (κ1) is 26.7. The second-order valence-electron chi connectivity index (χ2n) is 15.9. The number of carbonyl (C=O) groups excluding carboxylic acids is 2. The Balaban J connectivity index is 1.48. The highest BCUT2D eigenvalue weighted by molar-refractivity contribution is 5.66. The fourth-order valence-corrected chi connectivity index (χ4v) is 12.4. The summed E-state index contributed by atoms with van der Waals surface area (Å²) in [5, 5.41) is 0. The zero-order valence-corrected chi connectivity index (χ0v) is 24.6. The molecule has 0 bridgehead atoms. The van der Waals surface area contributed by atoms with Crippen molar-refractivity contribution in [2.75, 3.05) is 0 Å². The van der Waals surface area contributed by atoms with E-state index in [0.717, 1.165) is 36.5 Å². The monoisotopic (exact) mass is 498 g/mol. The van der Waals surface area contributed by atoms with Crippen molar-refractivity contribution in [3.8, 4) is 0 Å². The molecular weight excluding hydrogens is 444 g/mol. The molecule has 36 heavy (non-hydrogen) atoms. The second kappa shape index (κ2) is 8.57. The molecule has 3 nitrogen and oxygen atoms in total. The van der Waals surface area contributed by atoms with Crippen molar-refractivity contribution in [1.29, 1.82) is 0 Å². The largest absolute Gasteiger partial charge is 0.462 e. The van der Waals surface area contributed by atoms with Gasteiger partial charge in [-0.1, -0.05) is 48.5 Å². The first-order valence-corrected chi connectivity index (χ1v) is 15.4. The van der Waals surface area contributed by atoms with Gasteiger partial charge in [0.2, 0.25) is 0 Å². The lowest BCUT2D eigenvalue weighted by Crippen LogP contribution is -2.66. The van der Waals surface area contributed by atoms with Crippen LogP contribution in [-0.4, -0.2) is 18.4 Å². The number of esters is 1. The number of hydrogen-bond acceptors (Lipinski definition) is 3. The van der Waals surface area contributed by atoms with Gasteiger partial charge in [0.15, 0.2) is 0 Å². The van der Waals surface area contributed by atoms with E-state index in [1.807, 2.05) is 0 Å². The number of carbonyl (C=O) groups is 2. The van der Waals surface area contributed by atoms with Crippen LogP contribution >= 0.6 is 0 Å². The van der Waals surface area contributed by atoms with Gasteiger partial charge in [-0.05, 0) is 121 Å². The molecule has 0 amide bonds. The molecule has 0 aromatic carbocycles. The van der Waals surface area contributed by atoms with E-state index in [4.69, 9.17) is 4.74 Å². The fraction of sp³-hybridized carbons (Fsp3) is 0.939. The molecule has 0 N–H and O–H groups in total. The van der Waals surface area contributed by atoms with E-state index in [-0.39, 0.29) is 17.5 Å². The summed E-state index contributed by atoms with van der Waals surface area (Å²) in [6.45, 7) is 19.4. The van der Waals surface area contributed by atoms with Crippen molar-refractivity contribution in [3.05, 3.63) is 0 Å². The minimum Gasteiger partial charge on any atom is -0.462 e. The lowest BCUT2D eigenvalue weighted by atomic mass is 9.32. The average Bonchev–Trinajstić information content (AvgIpc) is 3.14. The Labute approximate surface area is 221 Å². The molecule has 0 aromatic rings. The van der Waals surface area contributed by atoms with Crippen LogP contribution in [0.5, 0.6) is 0 Å². The summed E-state index contributed by atoms with van der Waals surface area (Å²) in [5.41, 5.74) is 1.58. The minimum atomic E-state index is -0.120. The topological polar surface area (TPSA) is 43.4 Å². The molecule has 5 aliphatic rings. The quantitative estimate of drug-likeness (QED) is 0.289. The average molecular weight is 499 g/mol. The van der Waals surface area contributed by atoms with Crippen LogP contribution in [0.4, 0.5) is 0 Å². The predicted molar refractivity (Wildman–Crippen MR) is 145 cm³/mol. The van der Waals surface area contributed by atoms with Crippen LogP contribution in [0.25, 0.3) is 0 Å². The number of ether oxygens (including phenoxy) is 1. The molecule has 0 aliphatic heterocycles. The van der Waals surface area contributed by atoms with Crippen LogP contribution in [0.3, 0.4) is 0 Å².